The number of nitrogens with zero attached hydrogens (tertiary/aromatic N) is 4. The van der Waals surface area contributed by atoms with Crippen molar-refractivity contribution < 1.29 is 30.8 Å². The summed E-state index contributed by atoms with van der Waals surface area (Å²) in [5.41, 5.74) is -0.205. The van der Waals surface area contributed by atoms with Gasteiger partial charge < -0.3 is 9.80 Å². The van der Waals surface area contributed by atoms with E-state index in [1.807, 2.05) is 0 Å². The maximum atomic E-state index is 13.3. The molecule has 0 radical (unpaired) electrons. The van der Waals surface area contributed by atoms with Crippen LogP contribution in [0.25, 0.3) is 0 Å². The fourth-order valence-corrected chi connectivity index (χ4v) is 4.48. The van der Waals surface area contributed by atoms with E-state index in [4.69, 9.17) is 0 Å². The molecule has 1 aliphatic rings. The quantitative estimate of drug-likeness (QED) is 0.587. The lowest BCUT2D eigenvalue weighted by Crippen LogP contribution is -2.53. The standard InChI is InChI=1S/C21H24F4N4O3S/c1-26(2)33(31,32)29(18-8-6-17(22)7-9-18)15-20(30)28-12-10-27(11-13-28)19-5-3-4-16(14-19)21(23,24)25/h3-9,14H,10-13,15H2,1-2H3. The van der Waals surface area contributed by atoms with Gasteiger partial charge in [-0.15, -0.1) is 0 Å². The third-order valence-electron chi connectivity index (χ3n) is 5.30. The molecular formula is C21H24F4N4O3S. The van der Waals surface area contributed by atoms with E-state index in [9.17, 15) is 30.8 Å². The second-order valence-corrected chi connectivity index (χ2v) is 9.76. The van der Waals surface area contributed by atoms with Gasteiger partial charge >= 0.3 is 16.4 Å². The van der Waals surface area contributed by atoms with Crippen LogP contribution in [-0.4, -0.2) is 70.3 Å². The predicted molar refractivity (Wildman–Crippen MR) is 117 cm³/mol. The molecule has 12 heteroatoms. The number of rotatable bonds is 6. The van der Waals surface area contributed by atoms with Crippen molar-refractivity contribution >= 4 is 27.5 Å². The summed E-state index contributed by atoms with van der Waals surface area (Å²) in [7, 11) is -1.38. The second kappa shape index (κ2) is 9.56. The summed E-state index contributed by atoms with van der Waals surface area (Å²) in [5, 5.41) is 0. The number of amides is 1. The highest BCUT2D eigenvalue weighted by molar-refractivity contribution is 7.90. The first kappa shape index (κ1) is 24.8. The lowest BCUT2D eigenvalue weighted by molar-refractivity contribution is -0.137. The van der Waals surface area contributed by atoms with Gasteiger partial charge in [0.15, 0.2) is 0 Å². The van der Waals surface area contributed by atoms with Crippen molar-refractivity contribution in [3.8, 4) is 0 Å². The third-order valence-corrected chi connectivity index (χ3v) is 7.12. The van der Waals surface area contributed by atoms with Crippen LogP contribution in [0.2, 0.25) is 0 Å². The summed E-state index contributed by atoms with van der Waals surface area (Å²) in [5.74, 6) is -1.01. The third kappa shape index (κ3) is 5.74. The molecule has 2 aromatic rings. The minimum absolute atomic E-state index is 0.140. The van der Waals surface area contributed by atoms with Crippen LogP contribution in [0.3, 0.4) is 0 Å². The number of piperazine rings is 1. The number of benzene rings is 2. The number of alkyl halides is 3. The van der Waals surface area contributed by atoms with Crippen LogP contribution in [0.4, 0.5) is 28.9 Å². The lowest BCUT2D eigenvalue weighted by atomic mass is 10.1. The maximum Gasteiger partial charge on any atom is 0.416 e. The highest BCUT2D eigenvalue weighted by Crippen LogP contribution is 2.32. The molecule has 0 N–H and O–H groups in total. The smallest absolute Gasteiger partial charge is 0.368 e. The molecule has 1 saturated heterocycles. The van der Waals surface area contributed by atoms with E-state index in [2.05, 4.69) is 0 Å². The van der Waals surface area contributed by atoms with Crippen LogP contribution >= 0.6 is 0 Å². The van der Waals surface area contributed by atoms with E-state index >= 15 is 0 Å². The van der Waals surface area contributed by atoms with Crippen LogP contribution in [-0.2, 0) is 21.2 Å². The van der Waals surface area contributed by atoms with Gasteiger partial charge in [-0.3, -0.25) is 4.79 Å². The van der Waals surface area contributed by atoms with E-state index < -0.39 is 40.2 Å². The van der Waals surface area contributed by atoms with Crippen LogP contribution in [0.15, 0.2) is 48.5 Å². The normalized spacial score (nSPS) is 15.1. The Morgan fingerprint density at radius 3 is 2.15 bits per heavy atom. The molecule has 0 bridgehead atoms. The van der Waals surface area contributed by atoms with Gasteiger partial charge in [0, 0.05) is 46.0 Å². The fourth-order valence-electron chi connectivity index (χ4n) is 3.43. The topological polar surface area (TPSA) is 64.2 Å². The molecule has 1 fully saturated rings. The molecule has 0 saturated carbocycles. The molecule has 1 heterocycles. The Kier molecular flexibility index (Phi) is 7.17. The molecule has 0 aliphatic carbocycles. The highest BCUT2D eigenvalue weighted by atomic mass is 32.2. The molecule has 0 unspecified atom stereocenters. The molecule has 1 amide bonds. The van der Waals surface area contributed by atoms with E-state index in [1.54, 1.807) is 11.0 Å². The van der Waals surface area contributed by atoms with E-state index in [0.717, 1.165) is 32.9 Å². The van der Waals surface area contributed by atoms with Crippen molar-refractivity contribution in [1.82, 2.24) is 9.21 Å². The Hall–Kier alpha value is -2.86. The molecule has 7 nitrogen and oxygen atoms in total. The minimum atomic E-state index is -4.45. The average Bonchev–Trinajstić information content (AvgIpc) is 2.77. The summed E-state index contributed by atoms with van der Waals surface area (Å²) in [6.07, 6.45) is -4.45. The molecule has 0 spiro atoms. The van der Waals surface area contributed by atoms with Gasteiger partial charge in [0.2, 0.25) is 5.91 Å². The minimum Gasteiger partial charge on any atom is -0.368 e. The number of hydrogen-bond acceptors (Lipinski definition) is 4. The molecular weight excluding hydrogens is 464 g/mol. The Bertz CT molecular complexity index is 1080. The van der Waals surface area contributed by atoms with Crippen molar-refractivity contribution in [2.45, 2.75) is 6.18 Å². The molecule has 33 heavy (non-hydrogen) atoms. The van der Waals surface area contributed by atoms with Gasteiger partial charge in [-0.25, -0.2) is 8.70 Å². The zero-order valence-corrected chi connectivity index (χ0v) is 18.9. The number of anilines is 2. The van der Waals surface area contributed by atoms with Crippen molar-refractivity contribution in [2.75, 3.05) is 56.0 Å². The zero-order valence-electron chi connectivity index (χ0n) is 18.1. The highest BCUT2D eigenvalue weighted by Gasteiger charge is 2.32. The zero-order chi connectivity index (χ0) is 24.4. The number of carbonyl (C=O) groups is 1. The molecule has 0 aromatic heterocycles. The summed E-state index contributed by atoms with van der Waals surface area (Å²) >= 11 is 0. The maximum absolute atomic E-state index is 13.3. The van der Waals surface area contributed by atoms with Gasteiger partial charge in [-0.05, 0) is 42.5 Å². The summed E-state index contributed by atoms with van der Waals surface area (Å²) in [4.78, 5) is 16.1. The van der Waals surface area contributed by atoms with Gasteiger partial charge in [0.1, 0.15) is 12.4 Å². The lowest BCUT2D eigenvalue weighted by Gasteiger charge is -2.37. The second-order valence-electron chi connectivity index (χ2n) is 7.69. The van der Waals surface area contributed by atoms with Crippen molar-refractivity contribution in [1.29, 1.82) is 0 Å². The Morgan fingerprint density at radius 1 is 1.00 bits per heavy atom. The Balaban J connectivity index is 1.71. The SMILES string of the molecule is CN(C)S(=O)(=O)N(CC(=O)N1CCN(c2cccc(C(F)(F)F)c2)CC1)c1ccc(F)cc1. The Labute approximate surface area is 190 Å². The summed E-state index contributed by atoms with van der Waals surface area (Å²) in [6.45, 7) is 0.534. The van der Waals surface area contributed by atoms with Crippen LogP contribution < -0.4 is 9.21 Å². The van der Waals surface area contributed by atoms with E-state index in [0.29, 0.717) is 18.8 Å². The first-order valence-corrected chi connectivity index (χ1v) is 11.4. The first-order chi connectivity index (χ1) is 15.4. The van der Waals surface area contributed by atoms with E-state index in [-0.39, 0.29) is 18.8 Å². The summed E-state index contributed by atoms with van der Waals surface area (Å²) in [6, 6.07) is 9.73. The van der Waals surface area contributed by atoms with Gasteiger partial charge in [-0.2, -0.15) is 25.9 Å². The van der Waals surface area contributed by atoms with Gasteiger partial charge in [-0.1, -0.05) is 6.07 Å². The predicted octanol–water partition coefficient (Wildman–Crippen LogP) is 2.81. The average molecular weight is 489 g/mol. The monoisotopic (exact) mass is 488 g/mol. The molecule has 1 aliphatic heterocycles. The Morgan fingerprint density at radius 2 is 1.61 bits per heavy atom. The number of carbonyl (C=O) groups excluding carboxylic acids is 1. The van der Waals surface area contributed by atoms with Crippen LogP contribution in [0.1, 0.15) is 5.56 Å². The van der Waals surface area contributed by atoms with Crippen LogP contribution in [0.5, 0.6) is 0 Å². The number of halogens is 4. The van der Waals surface area contributed by atoms with Gasteiger partial charge in [0.05, 0.1) is 11.3 Å². The number of hydrogen-bond donors (Lipinski definition) is 0. The molecule has 2 aromatic carbocycles. The fraction of sp³-hybridized carbons (Fsp3) is 0.381. The molecule has 180 valence electrons. The van der Waals surface area contributed by atoms with Crippen molar-refractivity contribution in [3.63, 3.8) is 0 Å². The largest absolute Gasteiger partial charge is 0.416 e. The van der Waals surface area contributed by atoms with Crippen molar-refractivity contribution in [3.05, 3.63) is 59.9 Å². The summed E-state index contributed by atoms with van der Waals surface area (Å²) < 4.78 is 79.7. The van der Waals surface area contributed by atoms with Gasteiger partial charge in [0.25, 0.3) is 0 Å². The van der Waals surface area contributed by atoms with Crippen LogP contribution in [0, 0.1) is 5.82 Å². The van der Waals surface area contributed by atoms with Crippen molar-refractivity contribution in [2.24, 2.45) is 0 Å². The molecule has 0 atom stereocenters. The molecule has 3 rings (SSSR count). The van der Waals surface area contributed by atoms with E-state index in [1.165, 1.54) is 37.2 Å². The first-order valence-electron chi connectivity index (χ1n) is 10.1.